The number of ketones is 1. The van der Waals surface area contributed by atoms with Gasteiger partial charge in [-0.05, 0) is 19.3 Å². The molecule has 1 saturated heterocycles. The maximum absolute atomic E-state index is 12.0. The molecule has 0 amide bonds. The maximum Gasteiger partial charge on any atom is 0.143 e. The van der Waals surface area contributed by atoms with Gasteiger partial charge in [0.25, 0.3) is 0 Å². The van der Waals surface area contributed by atoms with Gasteiger partial charge in [-0.2, -0.15) is 0 Å². The van der Waals surface area contributed by atoms with E-state index in [0.29, 0.717) is 5.78 Å². The smallest absolute Gasteiger partial charge is 0.143 e. The van der Waals surface area contributed by atoms with Crippen molar-refractivity contribution in [2.24, 2.45) is 11.3 Å². The number of ether oxygens (including phenoxy) is 1. The minimum Gasteiger partial charge on any atom is -0.377 e. The Hall–Kier alpha value is -0.370. The van der Waals surface area contributed by atoms with Crippen molar-refractivity contribution in [1.82, 2.24) is 0 Å². The summed E-state index contributed by atoms with van der Waals surface area (Å²) in [6.07, 6.45) is 3.50. The van der Waals surface area contributed by atoms with Crippen LogP contribution in [0, 0.1) is 11.3 Å². The maximum atomic E-state index is 12.0. The summed E-state index contributed by atoms with van der Waals surface area (Å²) < 4.78 is 5.69. The van der Waals surface area contributed by atoms with Crippen LogP contribution in [-0.2, 0) is 9.53 Å². The van der Waals surface area contributed by atoms with Crippen LogP contribution in [0.1, 0.15) is 47.0 Å². The van der Waals surface area contributed by atoms with Gasteiger partial charge >= 0.3 is 0 Å². The first-order chi connectivity index (χ1) is 6.46. The second-order valence-electron chi connectivity index (χ2n) is 5.10. The van der Waals surface area contributed by atoms with Gasteiger partial charge in [-0.1, -0.05) is 27.7 Å². The fourth-order valence-corrected chi connectivity index (χ4v) is 2.21. The molecule has 2 nitrogen and oxygen atoms in total. The van der Waals surface area contributed by atoms with E-state index >= 15 is 0 Å². The third-order valence-electron chi connectivity index (χ3n) is 3.14. The lowest BCUT2D eigenvalue weighted by Crippen LogP contribution is -2.42. The molecular weight excluding hydrogens is 176 g/mol. The Kier molecular flexibility index (Phi) is 3.71. The number of carbonyl (C=O) groups excluding carboxylic acids is 1. The average molecular weight is 198 g/mol. The van der Waals surface area contributed by atoms with Gasteiger partial charge in [0.15, 0.2) is 0 Å². The van der Waals surface area contributed by atoms with Crippen molar-refractivity contribution in [2.75, 3.05) is 6.61 Å². The third-order valence-corrected chi connectivity index (χ3v) is 3.14. The molecular formula is C12H22O2. The standard InChI is InChI=1S/C12H22O2/c1-9(2)11(13)12(3,4)10-7-5-6-8-14-10/h9-10H,5-8H2,1-4H3. The highest BCUT2D eigenvalue weighted by molar-refractivity contribution is 5.86. The Labute approximate surface area is 87.0 Å². The molecule has 0 spiro atoms. The third kappa shape index (κ3) is 2.35. The van der Waals surface area contributed by atoms with E-state index in [0.717, 1.165) is 19.4 Å². The average Bonchev–Trinajstić information content (AvgIpc) is 2.18. The topological polar surface area (TPSA) is 26.3 Å². The first kappa shape index (κ1) is 11.7. The van der Waals surface area contributed by atoms with Crippen molar-refractivity contribution >= 4 is 5.78 Å². The van der Waals surface area contributed by atoms with Crippen molar-refractivity contribution in [3.63, 3.8) is 0 Å². The van der Waals surface area contributed by atoms with Gasteiger partial charge in [-0.15, -0.1) is 0 Å². The molecule has 0 N–H and O–H groups in total. The van der Waals surface area contributed by atoms with Crippen LogP contribution in [0.25, 0.3) is 0 Å². The molecule has 0 aromatic rings. The Balaban J connectivity index is 2.66. The molecule has 1 aliphatic heterocycles. The Morgan fingerprint density at radius 2 is 2.00 bits per heavy atom. The van der Waals surface area contributed by atoms with E-state index in [1.807, 2.05) is 27.7 Å². The van der Waals surface area contributed by atoms with Crippen LogP contribution in [0.15, 0.2) is 0 Å². The highest BCUT2D eigenvalue weighted by Gasteiger charge is 2.38. The van der Waals surface area contributed by atoms with E-state index in [-0.39, 0.29) is 17.4 Å². The fraction of sp³-hybridized carbons (Fsp3) is 0.917. The Morgan fingerprint density at radius 1 is 1.36 bits per heavy atom. The van der Waals surface area contributed by atoms with Gasteiger partial charge < -0.3 is 4.74 Å². The van der Waals surface area contributed by atoms with Crippen molar-refractivity contribution in [2.45, 2.75) is 53.1 Å². The van der Waals surface area contributed by atoms with Crippen molar-refractivity contribution in [3.8, 4) is 0 Å². The zero-order valence-electron chi connectivity index (χ0n) is 9.80. The van der Waals surface area contributed by atoms with E-state index < -0.39 is 0 Å². The zero-order chi connectivity index (χ0) is 10.8. The minimum absolute atomic E-state index is 0.107. The molecule has 1 atom stereocenters. The molecule has 1 aliphatic rings. The van der Waals surface area contributed by atoms with Gasteiger partial charge in [0.05, 0.1) is 6.10 Å². The number of hydrogen-bond acceptors (Lipinski definition) is 2. The Morgan fingerprint density at radius 3 is 2.43 bits per heavy atom. The molecule has 82 valence electrons. The molecule has 0 radical (unpaired) electrons. The van der Waals surface area contributed by atoms with Crippen molar-refractivity contribution in [3.05, 3.63) is 0 Å². The van der Waals surface area contributed by atoms with Crippen LogP contribution in [0.2, 0.25) is 0 Å². The Bertz CT molecular complexity index is 200. The van der Waals surface area contributed by atoms with Gasteiger partial charge in [0.1, 0.15) is 5.78 Å². The summed E-state index contributed by atoms with van der Waals surface area (Å²) in [7, 11) is 0. The van der Waals surface area contributed by atoms with E-state index in [2.05, 4.69) is 0 Å². The summed E-state index contributed by atoms with van der Waals surface area (Å²) in [5.41, 5.74) is -0.311. The number of hydrogen-bond donors (Lipinski definition) is 0. The monoisotopic (exact) mass is 198 g/mol. The summed E-state index contributed by atoms with van der Waals surface area (Å²) in [5.74, 6) is 0.430. The first-order valence-corrected chi connectivity index (χ1v) is 5.62. The lowest BCUT2D eigenvalue weighted by molar-refractivity contribution is -0.142. The summed E-state index contributed by atoms with van der Waals surface area (Å²) in [6, 6.07) is 0. The van der Waals surface area contributed by atoms with Gasteiger partial charge in [-0.25, -0.2) is 0 Å². The zero-order valence-corrected chi connectivity index (χ0v) is 9.80. The number of Topliss-reactive ketones (excluding diaryl/α,β-unsaturated/α-hetero) is 1. The molecule has 14 heavy (non-hydrogen) atoms. The largest absolute Gasteiger partial charge is 0.377 e. The molecule has 0 saturated carbocycles. The number of rotatable bonds is 3. The summed E-state index contributed by atoms with van der Waals surface area (Å²) in [5, 5.41) is 0. The van der Waals surface area contributed by atoms with Gasteiger partial charge in [-0.3, -0.25) is 4.79 Å². The summed E-state index contributed by atoms with van der Waals surface area (Å²) in [6.45, 7) is 8.79. The van der Waals surface area contributed by atoms with Crippen LogP contribution in [0.5, 0.6) is 0 Å². The van der Waals surface area contributed by atoms with Crippen LogP contribution in [0.3, 0.4) is 0 Å². The van der Waals surface area contributed by atoms with Gasteiger partial charge in [0.2, 0.25) is 0 Å². The predicted octanol–water partition coefficient (Wildman–Crippen LogP) is 2.81. The van der Waals surface area contributed by atoms with Crippen molar-refractivity contribution < 1.29 is 9.53 Å². The minimum atomic E-state index is -0.311. The highest BCUT2D eigenvalue weighted by Crippen LogP contribution is 2.33. The molecule has 0 aromatic carbocycles. The van der Waals surface area contributed by atoms with Crippen LogP contribution in [0.4, 0.5) is 0 Å². The van der Waals surface area contributed by atoms with E-state index in [4.69, 9.17) is 4.74 Å². The summed E-state index contributed by atoms with van der Waals surface area (Å²) in [4.78, 5) is 12.0. The van der Waals surface area contributed by atoms with E-state index in [1.54, 1.807) is 0 Å². The molecule has 0 aliphatic carbocycles. The molecule has 1 rings (SSSR count). The fourth-order valence-electron chi connectivity index (χ4n) is 2.21. The summed E-state index contributed by atoms with van der Waals surface area (Å²) >= 11 is 0. The van der Waals surface area contributed by atoms with E-state index in [9.17, 15) is 4.79 Å². The van der Waals surface area contributed by atoms with Crippen LogP contribution < -0.4 is 0 Å². The van der Waals surface area contributed by atoms with Crippen LogP contribution in [-0.4, -0.2) is 18.5 Å². The quantitative estimate of drug-likeness (QED) is 0.697. The molecule has 1 heterocycles. The lowest BCUT2D eigenvalue weighted by atomic mass is 9.75. The molecule has 1 fully saturated rings. The van der Waals surface area contributed by atoms with Crippen LogP contribution >= 0.6 is 0 Å². The lowest BCUT2D eigenvalue weighted by Gasteiger charge is -2.36. The second kappa shape index (κ2) is 4.43. The molecule has 1 unspecified atom stereocenters. The predicted molar refractivity (Wildman–Crippen MR) is 57.2 cm³/mol. The molecule has 2 heteroatoms. The second-order valence-corrected chi connectivity index (χ2v) is 5.10. The molecule has 0 bridgehead atoms. The molecule has 0 aromatic heterocycles. The SMILES string of the molecule is CC(C)C(=O)C(C)(C)C1CCCCO1. The highest BCUT2D eigenvalue weighted by atomic mass is 16.5. The van der Waals surface area contributed by atoms with E-state index in [1.165, 1.54) is 6.42 Å². The normalized spacial score (nSPS) is 23.9. The first-order valence-electron chi connectivity index (χ1n) is 5.62. The van der Waals surface area contributed by atoms with Crippen molar-refractivity contribution in [1.29, 1.82) is 0 Å². The van der Waals surface area contributed by atoms with Gasteiger partial charge in [0, 0.05) is 17.9 Å². The number of carbonyl (C=O) groups is 1.